The molecule has 2 unspecified atom stereocenters. The molecular formula is C25H31N3O4S2. The molecule has 1 aliphatic heterocycles. The summed E-state index contributed by atoms with van der Waals surface area (Å²) in [6.07, 6.45) is 5.59. The zero-order valence-corrected chi connectivity index (χ0v) is 21.1. The minimum atomic E-state index is -3.39. The van der Waals surface area contributed by atoms with Crippen LogP contribution in [0.4, 0.5) is 0 Å². The van der Waals surface area contributed by atoms with E-state index in [2.05, 4.69) is 16.6 Å². The number of amides is 1. The number of sulfone groups is 1. The van der Waals surface area contributed by atoms with Crippen molar-refractivity contribution in [3.05, 3.63) is 60.3 Å². The number of fused-ring (bicyclic) bond motifs is 1. The summed E-state index contributed by atoms with van der Waals surface area (Å²) in [6, 6.07) is 13.6. The number of nitrogens with one attached hydrogen (secondary N) is 2. The maximum absolute atomic E-state index is 13.5. The van der Waals surface area contributed by atoms with Crippen molar-refractivity contribution < 1.29 is 17.8 Å². The van der Waals surface area contributed by atoms with E-state index >= 15 is 0 Å². The maximum atomic E-state index is 13.5. The van der Waals surface area contributed by atoms with Crippen LogP contribution in [0.15, 0.2) is 64.5 Å². The van der Waals surface area contributed by atoms with E-state index in [4.69, 9.17) is 0 Å². The largest absolute Gasteiger partial charge is 0.593 e. The van der Waals surface area contributed by atoms with E-state index in [1.807, 2.05) is 23.1 Å². The fraction of sp³-hybridized carbons (Fsp3) is 0.400. The Hall–Kier alpha value is -2.33. The van der Waals surface area contributed by atoms with E-state index in [9.17, 15) is 17.8 Å². The van der Waals surface area contributed by atoms with Crippen molar-refractivity contribution in [1.29, 1.82) is 0 Å². The molecule has 34 heavy (non-hydrogen) atoms. The van der Waals surface area contributed by atoms with Gasteiger partial charge in [0.1, 0.15) is 6.04 Å². The number of aryl methyl sites for hydroxylation is 1. The standard InChI is InChI=1S/C25H31N3O4S2/c1-18-13-16-28(17-14-18)25(29)22(11-10-19-6-3-4-9-24(19)34(2,31)32)27-33(30)23-8-5-7-21-20(23)12-15-26-21/h3-9,12,15,18,22,26-27H,10-11,13-14,16-17H2,1-2H3. The van der Waals surface area contributed by atoms with Gasteiger partial charge in [0.05, 0.1) is 27.2 Å². The number of benzene rings is 2. The van der Waals surface area contributed by atoms with E-state index in [1.54, 1.807) is 36.5 Å². The van der Waals surface area contributed by atoms with Crippen molar-refractivity contribution in [3.63, 3.8) is 0 Å². The molecule has 1 saturated heterocycles. The van der Waals surface area contributed by atoms with Gasteiger partial charge in [-0.1, -0.05) is 31.2 Å². The third-order valence-electron chi connectivity index (χ3n) is 6.47. The van der Waals surface area contributed by atoms with Crippen LogP contribution >= 0.6 is 0 Å². The fourth-order valence-corrected chi connectivity index (χ4v) is 6.62. The third-order valence-corrected chi connectivity index (χ3v) is 8.92. The highest BCUT2D eigenvalue weighted by molar-refractivity contribution is 7.90. The molecule has 4 rings (SSSR count). The zero-order valence-electron chi connectivity index (χ0n) is 19.5. The summed E-state index contributed by atoms with van der Waals surface area (Å²) >= 11 is -1.61. The molecule has 2 heterocycles. The van der Waals surface area contributed by atoms with Gasteiger partial charge < -0.3 is 14.4 Å². The first-order valence-corrected chi connectivity index (χ1v) is 14.6. The molecule has 1 aromatic heterocycles. The van der Waals surface area contributed by atoms with Crippen LogP contribution in [0.3, 0.4) is 0 Å². The second-order valence-electron chi connectivity index (χ2n) is 9.06. The number of H-pyrrole nitrogens is 1. The molecule has 1 fully saturated rings. The highest BCUT2D eigenvalue weighted by Gasteiger charge is 2.32. The lowest BCUT2D eigenvalue weighted by molar-refractivity contribution is -0.134. The minimum Gasteiger partial charge on any atom is -0.593 e. The van der Waals surface area contributed by atoms with Crippen LogP contribution in [0.1, 0.15) is 31.7 Å². The number of carbonyl (C=O) groups excluding carboxylic acids is 1. The van der Waals surface area contributed by atoms with Gasteiger partial charge in [0.25, 0.3) is 0 Å². The summed E-state index contributed by atoms with van der Waals surface area (Å²) in [5, 5.41) is 0.841. The van der Waals surface area contributed by atoms with Crippen molar-refractivity contribution in [2.24, 2.45) is 5.92 Å². The van der Waals surface area contributed by atoms with Crippen molar-refractivity contribution in [1.82, 2.24) is 14.6 Å². The van der Waals surface area contributed by atoms with E-state index in [0.29, 0.717) is 42.3 Å². The second-order valence-corrected chi connectivity index (χ2v) is 12.3. The molecule has 2 atom stereocenters. The topological polar surface area (TPSA) is 105 Å². The summed E-state index contributed by atoms with van der Waals surface area (Å²) in [7, 11) is -3.39. The van der Waals surface area contributed by atoms with Crippen LogP contribution in [0.2, 0.25) is 0 Å². The van der Waals surface area contributed by atoms with Gasteiger partial charge in [0, 0.05) is 25.5 Å². The molecule has 182 valence electrons. The predicted molar refractivity (Wildman–Crippen MR) is 134 cm³/mol. The smallest absolute Gasteiger partial charge is 0.244 e. The quantitative estimate of drug-likeness (QED) is 0.460. The van der Waals surface area contributed by atoms with E-state index < -0.39 is 27.2 Å². The highest BCUT2D eigenvalue weighted by atomic mass is 32.2. The Morgan fingerprint density at radius 2 is 1.91 bits per heavy atom. The van der Waals surface area contributed by atoms with Crippen LogP contribution in [0.5, 0.6) is 0 Å². The van der Waals surface area contributed by atoms with Gasteiger partial charge in [0.2, 0.25) is 5.91 Å². The number of rotatable bonds is 8. The Labute approximate surface area is 204 Å². The Morgan fingerprint density at radius 3 is 2.65 bits per heavy atom. The molecule has 1 amide bonds. The lowest BCUT2D eigenvalue weighted by Gasteiger charge is -2.33. The summed E-state index contributed by atoms with van der Waals surface area (Å²) in [5.41, 5.74) is 1.54. The maximum Gasteiger partial charge on any atom is 0.244 e. The van der Waals surface area contributed by atoms with Crippen LogP contribution in [0, 0.1) is 5.92 Å². The first-order valence-electron chi connectivity index (χ1n) is 11.5. The fourth-order valence-electron chi connectivity index (χ4n) is 4.47. The predicted octanol–water partition coefficient (Wildman–Crippen LogP) is 3.44. The van der Waals surface area contributed by atoms with Gasteiger partial charge in [-0.15, -0.1) is 4.72 Å². The summed E-state index contributed by atoms with van der Waals surface area (Å²) in [6.45, 7) is 3.54. The number of aromatic nitrogens is 1. The number of carbonyl (C=O) groups is 1. The van der Waals surface area contributed by atoms with Crippen LogP contribution in [0.25, 0.3) is 10.9 Å². The first-order chi connectivity index (χ1) is 16.2. The second kappa shape index (κ2) is 10.5. The number of aromatic amines is 1. The molecular weight excluding hydrogens is 470 g/mol. The van der Waals surface area contributed by atoms with Crippen molar-refractivity contribution in [3.8, 4) is 0 Å². The molecule has 9 heteroatoms. The molecule has 7 nitrogen and oxygen atoms in total. The summed E-state index contributed by atoms with van der Waals surface area (Å²) in [5.74, 6) is 0.496. The van der Waals surface area contributed by atoms with E-state index in [1.165, 1.54) is 6.26 Å². The Morgan fingerprint density at radius 1 is 1.18 bits per heavy atom. The number of hydrogen-bond donors (Lipinski definition) is 2. The van der Waals surface area contributed by atoms with E-state index in [0.717, 1.165) is 23.7 Å². The lowest BCUT2D eigenvalue weighted by Crippen LogP contribution is -2.50. The van der Waals surface area contributed by atoms with Gasteiger partial charge in [0.15, 0.2) is 14.7 Å². The normalized spacial score (nSPS) is 17.1. The Kier molecular flexibility index (Phi) is 7.67. The molecule has 2 N–H and O–H groups in total. The lowest BCUT2D eigenvalue weighted by atomic mass is 9.98. The van der Waals surface area contributed by atoms with Crippen molar-refractivity contribution in [2.45, 2.75) is 48.4 Å². The average molecular weight is 502 g/mol. The number of hydrogen-bond acceptors (Lipinski definition) is 5. The van der Waals surface area contributed by atoms with Gasteiger partial charge >= 0.3 is 0 Å². The monoisotopic (exact) mass is 501 g/mol. The molecule has 0 bridgehead atoms. The molecule has 3 aromatic rings. The summed E-state index contributed by atoms with van der Waals surface area (Å²) < 4.78 is 40.9. The van der Waals surface area contributed by atoms with Gasteiger partial charge in [-0.2, -0.15) is 0 Å². The summed E-state index contributed by atoms with van der Waals surface area (Å²) in [4.78, 5) is 19.3. The van der Waals surface area contributed by atoms with Gasteiger partial charge in [-0.05, 0) is 61.4 Å². The number of piperidine rings is 1. The molecule has 0 aliphatic carbocycles. The molecule has 2 aromatic carbocycles. The van der Waals surface area contributed by atoms with Crippen LogP contribution in [-0.4, -0.2) is 54.1 Å². The molecule has 0 radical (unpaired) electrons. The Bertz CT molecular complexity index is 1250. The minimum absolute atomic E-state index is 0.0849. The zero-order chi connectivity index (χ0) is 24.3. The van der Waals surface area contributed by atoms with Crippen LogP contribution < -0.4 is 4.72 Å². The van der Waals surface area contributed by atoms with Gasteiger partial charge in [-0.25, -0.2) is 8.42 Å². The van der Waals surface area contributed by atoms with Crippen molar-refractivity contribution in [2.75, 3.05) is 19.3 Å². The van der Waals surface area contributed by atoms with Gasteiger partial charge in [-0.3, -0.25) is 4.79 Å². The molecule has 0 spiro atoms. The average Bonchev–Trinajstić information content (AvgIpc) is 3.30. The first kappa shape index (κ1) is 24.8. The van der Waals surface area contributed by atoms with Crippen molar-refractivity contribution >= 4 is 38.0 Å². The van der Waals surface area contributed by atoms with Crippen LogP contribution in [-0.2, 0) is 32.4 Å². The SMILES string of the molecule is CC1CCN(C(=O)C(CCc2ccccc2S(C)(=O)=O)N[S+]([O-])c2cccc3[nH]ccc23)CC1. The number of likely N-dealkylation sites (tertiary alicyclic amines) is 1. The third kappa shape index (κ3) is 5.66. The highest BCUT2D eigenvalue weighted by Crippen LogP contribution is 2.24. The Balaban J connectivity index is 1.57. The van der Waals surface area contributed by atoms with E-state index in [-0.39, 0.29) is 10.8 Å². The number of nitrogens with zero attached hydrogens (tertiary/aromatic N) is 1. The molecule has 0 saturated carbocycles. The molecule has 1 aliphatic rings.